The third-order valence-electron chi connectivity index (χ3n) is 14.7. The Hall–Kier alpha value is -2.61. The summed E-state index contributed by atoms with van der Waals surface area (Å²) in [5.74, 6) is 14.0. The molecule has 0 amide bonds. The van der Waals surface area contributed by atoms with Crippen molar-refractivity contribution >= 4 is 22.8 Å². The van der Waals surface area contributed by atoms with Gasteiger partial charge in [-0.05, 0) is 87.5 Å². The van der Waals surface area contributed by atoms with Crippen LogP contribution < -0.4 is 0 Å². The van der Waals surface area contributed by atoms with Crippen LogP contribution in [0.1, 0.15) is 328 Å². The predicted molar refractivity (Wildman–Crippen MR) is 320 cm³/mol. The van der Waals surface area contributed by atoms with E-state index in [0.717, 1.165) is 94.8 Å². The van der Waals surface area contributed by atoms with Crippen molar-refractivity contribution in [1.82, 2.24) is 0 Å². The first kappa shape index (κ1) is 67.4. The number of para-hydroxylation sites is 2. The van der Waals surface area contributed by atoms with Crippen LogP contribution in [0.25, 0.3) is 0 Å². The van der Waals surface area contributed by atoms with Crippen LogP contribution in [0.4, 0.5) is 11.4 Å². The average Bonchev–Trinajstić information content (AvgIpc) is 3.39. The Kier molecular flexibility index (Phi) is 49.8. The molecule has 0 radical (unpaired) electrons. The van der Waals surface area contributed by atoms with E-state index in [0.29, 0.717) is 0 Å². The summed E-state index contributed by atoms with van der Waals surface area (Å²) in [6, 6.07) is 17.7. The first-order chi connectivity index (χ1) is 35.2. The number of aryl methyl sites for hydroxylation is 2. The summed E-state index contributed by atoms with van der Waals surface area (Å²) in [5, 5.41) is 0. The van der Waals surface area contributed by atoms with Crippen molar-refractivity contribution in [3.05, 3.63) is 59.7 Å². The van der Waals surface area contributed by atoms with Crippen LogP contribution in [0.5, 0.6) is 0 Å². The number of hydrogen-bond acceptors (Lipinski definition) is 2. The van der Waals surface area contributed by atoms with Crippen LogP contribution in [0.3, 0.4) is 0 Å². The quantitative estimate of drug-likeness (QED) is 0.0273. The van der Waals surface area contributed by atoms with Gasteiger partial charge in [-0.15, -0.1) is 23.7 Å². The second kappa shape index (κ2) is 53.2. The molecule has 0 fully saturated rings. The van der Waals surface area contributed by atoms with Gasteiger partial charge < -0.3 is 0 Å². The Balaban J connectivity index is 0.0000259. The molecule has 2 rings (SSSR count). The van der Waals surface area contributed by atoms with E-state index < -0.39 is 0 Å². The van der Waals surface area contributed by atoms with Crippen molar-refractivity contribution in [2.45, 2.75) is 329 Å². The Morgan fingerprint density at radius 1 is 0.292 bits per heavy atom. The maximum absolute atomic E-state index is 5.50. The molecular weight excluding hydrogens is 915 g/mol. The van der Waals surface area contributed by atoms with Crippen molar-refractivity contribution in [2.75, 3.05) is 0 Å². The smallest absolute Gasteiger partial charge is 0.0665 e. The third kappa shape index (κ3) is 39.8. The molecule has 2 aromatic rings. The monoisotopic (exact) mass is 1030 g/mol. The van der Waals surface area contributed by atoms with Crippen molar-refractivity contribution in [2.24, 2.45) is 9.98 Å². The summed E-state index contributed by atoms with van der Waals surface area (Å²) in [7, 11) is 0. The maximum atomic E-state index is 5.50. The number of nitrogens with zero attached hydrogens (tertiary/aromatic N) is 2. The second-order valence-electron chi connectivity index (χ2n) is 21.5. The van der Waals surface area contributed by atoms with Gasteiger partial charge in [0.2, 0.25) is 0 Å². The topological polar surface area (TPSA) is 24.7 Å². The molecule has 0 bridgehead atoms. The zero-order valence-corrected chi connectivity index (χ0v) is 49.1. The summed E-state index contributed by atoms with van der Waals surface area (Å²) in [6.07, 6.45) is 61.3. The van der Waals surface area contributed by atoms with Gasteiger partial charge in [-0.1, -0.05) is 276 Å². The average molecular weight is 1030 g/mol. The minimum absolute atomic E-state index is 0. The zero-order valence-electron chi connectivity index (χ0n) is 48.1. The second-order valence-corrected chi connectivity index (χ2v) is 21.5. The SMILES string of the molecule is CCCCCCCCCCCCCCCCCCC#CCCCc1ccccc1N=C(CCCC)C(CCCCC)=Nc1ccccc1CCCC#CCCCCCCCCCCCCCCCCCC.[Ni]. The zero-order chi connectivity index (χ0) is 50.6. The molecule has 0 aromatic heterocycles. The molecule has 410 valence electrons. The summed E-state index contributed by atoms with van der Waals surface area (Å²) in [6.45, 7) is 9.20. The van der Waals surface area contributed by atoms with Gasteiger partial charge in [0.1, 0.15) is 0 Å². The van der Waals surface area contributed by atoms with Gasteiger partial charge in [0, 0.05) is 42.2 Å². The van der Waals surface area contributed by atoms with E-state index in [4.69, 9.17) is 9.98 Å². The number of unbranched alkanes of at least 4 members (excludes halogenated alkanes) is 37. The molecule has 0 aliphatic carbocycles. The molecule has 0 aliphatic rings. The van der Waals surface area contributed by atoms with Crippen LogP contribution in [0.15, 0.2) is 58.5 Å². The van der Waals surface area contributed by atoms with Crippen molar-refractivity contribution in [3.8, 4) is 23.7 Å². The molecule has 0 aliphatic heterocycles. The molecule has 2 nitrogen and oxygen atoms in total. The minimum Gasteiger partial charge on any atom is -0.251 e. The Morgan fingerprint density at radius 3 is 0.861 bits per heavy atom. The van der Waals surface area contributed by atoms with E-state index in [1.165, 1.54) is 241 Å². The molecule has 0 heterocycles. The number of aliphatic imine (C=N–C) groups is 2. The fraction of sp³-hybridized carbons (Fsp3) is 0.739. The van der Waals surface area contributed by atoms with Gasteiger partial charge in [-0.3, -0.25) is 9.98 Å². The summed E-state index contributed by atoms with van der Waals surface area (Å²) >= 11 is 0. The van der Waals surface area contributed by atoms with E-state index in [1.807, 2.05) is 0 Å². The standard InChI is InChI=1S/C69H114N2.Ni/c1-5-9-13-15-17-19-21-23-25-27-29-31-33-35-37-39-41-43-45-47-50-56-64-58-52-54-61-66(64)70-68(60-12-8-4)69(63-49-11-7-3)71-67-62-55-53-59-65(67)57-51-48-46-44-42-40-38-36-34-32-30-28-26-24-22-20-18-16-14-10-6-2;/h52-55,58-59,61-62H,5-42,47-51,56-57,60,63H2,1-4H3;. The minimum atomic E-state index is 0. The maximum Gasteiger partial charge on any atom is 0.0665 e. The first-order valence-corrected chi connectivity index (χ1v) is 31.5. The normalized spacial score (nSPS) is 11.6. The molecule has 0 atom stereocenters. The fourth-order valence-electron chi connectivity index (χ4n) is 9.98. The van der Waals surface area contributed by atoms with Gasteiger partial charge in [0.15, 0.2) is 0 Å². The Labute approximate surface area is 459 Å². The largest absolute Gasteiger partial charge is 0.251 e. The number of benzene rings is 2. The number of hydrogen-bond donors (Lipinski definition) is 0. The third-order valence-corrected chi connectivity index (χ3v) is 14.7. The van der Waals surface area contributed by atoms with Gasteiger partial charge in [-0.25, -0.2) is 0 Å². The Morgan fingerprint density at radius 2 is 0.542 bits per heavy atom. The van der Waals surface area contributed by atoms with Crippen LogP contribution in [-0.4, -0.2) is 11.4 Å². The molecule has 2 aromatic carbocycles. The summed E-state index contributed by atoms with van der Waals surface area (Å²) in [4.78, 5) is 11.0. The molecule has 0 unspecified atom stereocenters. The van der Waals surface area contributed by atoms with Gasteiger partial charge in [0.25, 0.3) is 0 Å². The van der Waals surface area contributed by atoms with Crippen molar-refractivity contribution in [3.63, 3.8) is 0 Å². The molecule has 3 heteroatoms. The van der Waals surface area contributed by atoms with Gasteiger partial charge >= 0.3 is 0 Å². The molecule has 0 N–H and O–H groups in total. The molecule has 0 spiro atoms. The van der Waals surface area contributed by atoms with Gasteiger partial charge in [-0.2, -0.15) is 0 Å². The van der Waals surface area contributed by atoms with Crippen molar-refractivity contribution in [1.29, 1.82) is 0 Å². The van der Waals surface area contributed by atoms with Crippen LogP contribution in [0, 0.1) is 23.7 Å². The summed E-state index contributed by atoms with van der Waals surface area (Å²) in [5.41, 5.74) is 7.29. The van der Waals surface area contributed by atoms with Crippen LogP contribution in [-0.2, 0) is 29.3 Å². The predicted octanol–water partition coefficient (Wildman–Crippen LogP) is 23.3. The van der Waals surface area contributed by atoms with E-state index in [-0.39, 0.29) is 16.5 Å². The van der Waals surface area contributed by atoms with E-state index >= 15 is 0 Å². The van der Waals surface area contributed by atoms with Crippen molar-refractivity contribution < 1.29 is 16.5 Å². The molecule has 0 saturated carbocycles. The fourth-order valence-corrected chi connectivity index (χ4v) is 9.98. The summed E-state index contributed by atoms with van der Waals surface area (Å²) < 4.78 is 0. The Bertz CT molecular complexity index is 1680. The van der Waals surface area contributed by atoms with E-state index in [1.54, 1.807) is 0 Å². The first-order valence-electron chi connectivity index (χ1n) is 31.5. The molecular formula is C69H114N2Ni. The van der Waals surface area contributed by atoms with E-state index in [9.17, 15) is 0 Å². The number of rotatable bonds is 48. The van der Waals surface area contributed by atoms with Gasteiger partial charge in [0.05, 0.1) is 22.8 Å². The van der Waals surface area contributed by atoms with Crippen LogP contribution >= 0.6 is 0 Å². The van der Waals surface area contributed by atoms with E-state index in [2.05, 4.69) is 99.9 Å². The molecule has 72 heavy (non-hydrogen) atoms. The van der Waals surface area contributed by atoms with Crippen LogP contribution in [0.2, 0.25) is 0 Å². The molecule has 0 saturated heterocycles.